The minimum atomic E-state index is -0.968. The molecule has 3 heterocycles. The molecular formula is C31H34ClN7O3S. The summed E-state index contributed by atoms with van der Waals surface area (Å²) in [6.07, 6.45) is 0.997. The fourth-order valence-corrected chi connectivity index (χ4v) is 6.50. The molecule has 2 aliphatic heterocycles. The van der Waals surface area contributed by atoms with Crippen LogP contribution >= 0.6 is 23.4 Å². The van der Waals surface area contributed by atoms with E-state index >= 15 is 0 Å². The predicted molar refractivity (Wildman–Crippen MR) is 170 cm³/mol. The van der Waals surface area contributed by atoms with Gasteiger partial charge < -0.3 is 14.8 Å². The summed E-state index contributed by atoms with van der Waals surface area (Å²) < 4.78 is 2.28. The number of nitrogens with zero attached hydrogens (tertiary/aromatic N) is 3. The largest absolute Gasteiger partial charge is 0.349 e. The number of urea groups is 1. The molecule has 224 valence electrons. The smallest absolute Gasteiger partial charge is 0.331 e. The summed E-state index contributed by atoms with van der Waals surface area (Å²) in [6, 6.07) is 16.1. The normalized spacial score (nSPS) is 17.0. The summed E-state index contributed by atoms with van der Waals surface area (Å²) in [5, 5.41) is 21.4. The topological polar surface area (TPSA) is 134 Å². The van der Waals surface area contributed by atoms with Gasteiger partial charge in [0.2, 0.25) is 5.96 Å². The molecule has 0 bridgehead atoms. The van der Waals surface area contributed by atoms with Crippen molar-refractivity contribution in [3.8, 4) is 22.3 Å². The molecule has 1 fully saturated rings. The van der Waals surface area contributed by atoms with Crippen LogP contribution in [-0.2, 0) is 29.0 Å². The number of carbonyl (C=O) groups is 3. The number of imide groups is 1. The fourth-order valence-electron chi connectivity index (χ4n) is 5.56. The van der Waals surface area contributed by atoms with Crippen molar-refractivity contribution in [1.82, 2.24) is 25.0 Å². The van der Waals surface area contributed by atoms with Crippen LogP contribution in [0.3, 0.4) is 0 Å². The van der Waals surface area contributed by atoms with E-state index in [0.717, 1.165) is 52.7 Å². The highest BCUT2D eigenvalue weighted by molar-refractivity contribution is 8.13. The van der Waals surface area contributed by atoms with Gasteiger partial charge in [0.1, 0.15) is 6.04 Å². The van der Waals surface area contributed by atoms with Crippen molar-refractivity contribution in [3.63, 3.8) is 0 Å². The maximum Gasteiger partial charge on any atom is 0.331 e. The average Bonchev–Trinajstić information content (AvgIpc) is 3.53. The van der Waals surface area contributed by atoms with E-state index in [-0.39, 0.29) is 28.7 Å². The van der Waals surface area contributed by atoms with Gasteiger partial charge in [-0.05, 0) is 35.1 Å². The summed E-state index contributed by atoms with van der Waals surface area (Å²) in [5.74, 6) is -1.28. The van der Waals surface area contributed by atoms with Gasteiger partial charge in [-0.3, -0.25) is 25.7 Å². The van der Waals surface area contributed by atoms with Crippen LogP contribution in [0.2, 0.25) is 5.02 Å². The number of rotatable bonds is 6. The molecule has 0 aliphatic carbocycles. The first kappa shape index (κ1) is 30.4. The predicted octanol–water partition coefficient (Wildman–Crippen LogP) is 4.80. The van der Waals surface area contributed by atoms with Crippen LogP contribution < -0.4 is 10.6 Å². The minimum absolute atomic E-state index is 0.0216. The van der Waals surface area contributed by atoms with Gasteiger partial charge in [-0.25, -0.2) is 4.79 Å². The van der Waals surface area contributed by atoms with Crippen molar-refractivity contribution < 1.29 is 14.4 Å². The Morgan fingerprint density at radius 1 is 1.07 bits per heavy atom. The van der Waals surface area contributed by atoms with Crippen LogP contribution in [0.25, 0.3) is 22.3 Å². The third-order valence-corrected chi connectivity index (χ3v) is 8.77. The summed E-state index contributed by atoms with van der Waals surface area (Å²) in [6.45, 7) is 5.22. The first-order valence-corrected chi connectivity index (χ1v) is 15.2. The van der Waals surface area contributed by atoms with Crippen molar-refractivity contribution >= 4 is 52.3 Å². The Labute approximate surface area is 259 Å². The lowest BCUT2D eigenvalue weighted by Crippen LogP contribution is -2.50. The zero-order valence-electron chi connectivity index (χ0n) is 24.5. The van der Waals surface area contributed by atoms with Crippen molar-refractivity contribution in [2.75, 3.05) is 19.8 Å². The molecule has 4 N–H and O–H groups in total. The molecular weight excluding hydrogens is 586 g/mol. The Morgan fingerprint density at radius 2 is 1.72 bits per heavy atom. The van der Waals surface area contributed by atoms with Crippen LogP contribution in [0.15, 0.2) is 54.6 Å². The average molecular weight is 620 g/mol. The van der Waals surface area contributed by atoms with Crippen LogP contribution in [0.5, 0.6) is 0 Å². The maximum absolute atomic E-state index is 13.5. The Hall–Kier alpha value is -4.09. The molecule has 3 aromatic rings. The van der Waals surface area contributed by atoms with Crippen LogP contribution in [0.4, 0.5) is 4.79 Å². The molecule has 43 heavy (non-hydrogen) atoms. The number of guanidine groups is 2. The van der Waals surface area contributed by atoms with E-state index in [0.29, 0.717) is 9.92 Å². The fraction of sp³-hybridized carbons (Fsp3) is 0.323. The second kappa shape index (κ2) is 11.9. The highest BCUT2D eigenvalue weighted by atomic mass is 35.5. The molecule has 3 amide bonds. The second-order valence-electron chi connectivity index (χ2n) is 11.7. The van der Waals surface area contributed by atoms with E-state index in [1.165, 1.54) is 10.6 Å². The SMILES string of the molecule is CN(C)C(=N)NC(=N)N1C(=O)NC(CSC(=O)Cc2c(-c3ccc(Cl)cc3)c(-c3ccccc3)c3n2CC(C)(C)C3)C1=O. The molecule has 0 saturated carbocycles. The van der Waals surface area contributed by atoms with Gasteiger partial charge in [0.05, 0.1) is 6.42 Å². The molecule has 1 saturated heterocycles. The summed E-state index contributed by atoms with van der Waals surface area (Å²) in [7, 11) is 3.20. The van der Waals surface area contributed by atoms with Crippen molar-refractivity contribution in [2.24, 2.45) is 5.41 Å². The summed E-state index contributed by atoms with van der Waals surface area (Å²) >= 11 is 7.22. The van der Waals surface area contributed by atoms with Gasteiger partial charge >= 0.3 is 6.03 Å². The first-order valence-electron chi connectivity index (χ1n) is 13.8. The number of thioether (sulfide) groups is 1. The van der Waals surface area contributed by atoms with Crippen molar-refractivity contribution in [3.05, 3.63) is 71.0 Å². The second-order valence-corrected chi connectivity index (χ2v) is 13.2. The molecule has 10 nitrogen and oxygen atoms in total. The van der Waals surface area contributed by atoms with E-state index in [1.54, 1.807) is 14.1 Å². The van der Waals surface area contributed by atoms with Gasteiger partial charge in [-0.1, -0.05) is 79.7 Å². The maximum atomic E-state index is 13.5. The zero-order valence-corrected chi connectivity index (χ0v) is 26.0. The molecule has 1 unspecified atom stereocenters. The quantitative estimate of drug-likeness (QED) is 0.178. The van der Waals surface area contributed by atoms with Crippen LogP contribution in [-0.4, -0.2) is 69.2 Å². The lowest BCUT2D eigenvalue weighted by Gasteiger charge is -2.19. The van der Waals surface area contributed by atoms with E-state index in [2.05, 4.69) is 41.2 Å². The number of carbonyl (C=O) groups excluding carboxylic acids is 3. The highest BCUT2D eigenvalue weighted by Crippen LogP contribution is 2.47. The molecule has 0 radical (unpaired) electrons. The Morgan fingerprint density at radius 3 is 2.37 bits per heavy atom. The lowest BCUT2D eigenvalue weighted by atomic mass is 9.86. The van der Waals surface area contributed by atoms with Crippen molar-refractivity contribution in [1.29, 1.82) is 10.8 Å². The highest BCUT2D eigenvalue weighted by Gasteiger charge is 2.41. The number of hydrogen-bond acceptors (Lipinski definition) is 6. The number of hydrogen-bond donors (Lipinski definition) is 4. The molecule has 0 spiro atoms. The summed E-state index contributed by atoms with van der Waals surface area (Å²) in [5.41, 5.74) is 6.30. The molecule has 1 aromatic heterocycles. The van der Waals surface area contributed by atoms with Gasteiger partial charge in [-0.15, -0.1) is 0 Å². The molecule has 2 aliphatic rings. The monoisotopic (exact) mass is 619 g/mol. The van der Waals surface area contributed by atoms with Crippen LogP contribution in [0.1, 0.15) is 25.2 Å². The molecule has 2 aromatic carbocycles. The number of amides is 3. The number of halogens is 1. The third kappa shape index (κ3) is 6.18. The lowest BCUT2D eigenvalue weighted by molar-refractivity contribution is -0.124. The van der Waals surface area contributed by atoms with Gasteiger partial charge in [0.15, 0.2) is 11.1 Å². The third-order valence-electron chi connectivity index (χ3n) is 7.56. The Kier molecular flexibility index (Phi) is 8.40. The molecule has 5 rings (SSSR count). The minimum Gasteiger partial charge on any atom is -0.349 e. The number of benzene rings is 2. The number of aromatic nitrogens is 1. The standard InChI is InChI=1S/C31H34ClN7O3S/c1-31(2)15-23-26(18-8-6-5-7-9-18)25(19-10-12-20(32)13-11-19)22(38(23)17-31)14-24(40)43-16-21-27(41)39(30(42)35-21)29(34)36-28(33)37(3)4/h5-13,21H,14-17H2,1-4H3,(H,35,42)(H3,33,34,36). The van der Waals surface area contributed by atoms with E-state index in [4.69, 9.17) is 22.4 Å². The first-order chi connectivity index (χ1) is 20.4. The Balaban J connectivity index is 1.41. The number of nitrogens with one attached hydrogen (secondary N) is 4. The molecule has 1 atom stereocenters. The molecule has 12 heteroatoms. The van der Waals surface area contributed by atoms with Crippen molar-refractivity contribution in [2.45, 2.75) is 39.3 Å². The van der Waals surface area contributed by atoms with Gasteiger partial charge in [0.25, 0.3) is 5.91 Å². The van der Waals surface area contributed by atoms with Crippen LogP contribution in [0, 0.1) is 16.2 Å². The number of fused-ring (bicyclic) bond motifs is 1. The zero-order chi connectivity index (χ0) is 31.1. The summed E-state index contributed by atoms with van der Waals surface area (Å²) in [4.78, 5) is 41.1. The van der Waals surface area contributed by atoms with Gasteiger partial charge in [-0.2, -0.15) is 4.90 Å². The van der Waals surface area contributed by atoms with E-state index < -0.39 is 23.9 Å². The van der Waals surface area contributed by atoms with E-state index in [9.17, 15) is 14.4 Å². The Bertz CT molecular complexity index is 1620. The van der Waals surface area contributed by atoms with Gasteiger partial charge in [0, 0.05) is 53.9 Å². The van der Waals surface area contributed by atoms with E-state index in [1.807, 2.05) is 42.5 Å².